The largest absolute Gasteiger partial charge is 0.395 e. The lowest BCUT2D eigenvalue weighted by Crippen LogP contribution is -2.52. The molecule has 0 spiro atoms. The van der Waals surface area contributed by atoms with Crippen LogP contribution in [0.2, 0.25) is 0 Å². The minimum Gasteiger partial charge on any atom is -0.395 e. The van der Waals surface area contributed by atoms with E-state index in [4.69, 9.17) is 0 Å². The van der Waals surface area contributed by atoms with Gasteiger partial charge in [0.1, 0.15) is 0 Å². The molecule has 1 aromatic carbocycles. The van der Waals surface area contributed by atoms with Crippen molar-refractivity contribution >= 4 is 9.84 Å². The number of aliphatic hydroxyl groups is 1. The normalized spacial score (nSPS) is 26.1. The molecule has 1 N–H and O–H groups in total. The first-order valence-corrected chi connectivity index (χ1v) is 8.79. The van der Waals surface area contributed by atoms with Crippen LogP contribution in [-0.2, 0) is 15.3 Å². The highest BCUT2D eigenvalue weighted by Gasteiger charge is 2.34. The van der Waals surface area contributed by atoms with Crippen LogP contribution in [0.3, 0.4) is 0 Å². The first-order valence-electron chi connectivity index (χ1n) is 6.97. The van der Waals surface area contributed by atoms with Gasteiger partial charge in [-0.1, -0.05) is 37.3 Å². The zero-order chi connectivity index (χ0) is 14.8. The van der Waals surface area contributed by atoms with Gasteiger partial charge in [0.15, 0.2) is 9.84 Å². The summed E-state index contributed by atoms with van der Waals surface area (Å²) in [7, 11) is -2.90. The second-order valence-corrected chi connectivity index (χ2v) is 8.25. The second kappa shape index (κ2) is 5.84. The van der Waals surface area contributed by atoms with Gasteiger partial charge in [0.2, 0.25) is 0 Å². The van der Waals surface area contributed by atoms with Crippen molar-refractivity contribution in [2.24, 2.45) is 0 Å². The average molecular weight is 297 g/mol. The third-order valence-electron chi connectivity index (χ3n) is 4.18. The van der Waals surface area contributed by atoms with Gasteiger partial charge in [0.05, 0.1) is 18.1 Å². The Balaban J connectivity index is 2.15. The maximum Gasteiger partial charge on any atom is 0.153 e. The minimum atomic E-state index is -2.90. The monoisotopic (exact) mass is 297 g/mol. The molecule has 1 fully saturated rings. The van der Waals surface area contributed by atoms with E-state index in [1.807, 2.05) is 44.2 Å². The van der Waals surface area contributed by atoms with Crippen molar-refractivity contribution in [1.29, 1.82) is 0 Å². The second-order valence-electron chi connectivity index (χ2n) is 6.02. The smallest absolute Gasteiger partial charge is 0.153 e. The number of rotatable bonds is 4. The van der Waals surface area contributed by atoms with E-state index in [0.29, 0.717) is 13.1 Å². The van der Waals surface area contributed by atoms with Gasteiger partial charge in [-0.25, -0.2) is 8.42 Å². The molecule has 0 saturated carbocycles. The topological polar surface area (TPSA) is 57.6 Å². The zero-order valence-electron chi connectivity index (χ0n) is 12.1. The molecule has 0 aromatic heterocycles. The van der Waals surface area contributed by atoms with Crippen LogP contribution in [0.4, 0.5) is 0 Å². The lowest BCUT2D eigenvalue weighted by Gasteiger charge is -2.40. The van der Waals surface area contributed by atoms with E-state index in [1.54, 1.807) is 0 Å². The van der Waals surface area contributed by atoms with Gasteiger partial charge in [-0.2, -0.15) is 0 Å². The standard InChI is InChI=1S/C15H23NO3S/c1-13-10-20(18,19)9-8-16(13)11-15(2,12-17)14-6-4-3-5-7-14/h3-7,13,17H,8-12H2,1-2H3. The molecule has 4 nitrogen and oxygen atoms in total. The number of benzene rings is 1. The SMILES string of the molecule is CC1CS(=O)(=O)CCN1CC(C)(CO)c1ccccc1. The van der Waals surface area contributed by atoms with E-state index in [0.717, 1.165) is 5.56 Å². The fourth-order valence-corrected chi connectivity index (χ4v) is 4.41. The average Bonchev–Trinajstić information content (AvgIpc) is 2.42. The van der Waals surface area contributed by atoms with Gasteiger partial charge in [-0.15, -0.1) is 0 Å². The first kappa shape index (κ1) is 15.5. The minimum absolute atomic E-state index is 0.00309. The summed E-state index contributed by atoms with van der Waals surface area (Å²) in [6.07, 6.45) is 0. The Morgan fingerprint density at radius 3 is 2.55 bits per heavy atom. The fraction of sp³-hybridized carbons (Fsp3) is 0.600. The highest BCUT2D eigenvalue weighted by molar-refractivity contribution is 7.91. The maximum atomic E-state index is 11.6. The summed E-state index contributed by atoms with van der Waals surface area (Å²) in [5.41, 5.74) is 0.722. The third-order valence-corrected chi connectivity index (χ3v) is 5.97. The van der Waals surface area contributed by atoms with Crippen molar-refractivity contribution in [1.82, 2.24) is 4.90 Å². The summed E-state index contributed by atoms with van der Waals surface area (Å²) < 4.78 is 23.3. The molecule has 112 valence electrons. The first-order chi connectivity index (χ1) is 9.36. The molecule has 1 aliphatic rings. The number of hydrogen-bond donors (Lipinski definition) is 1. The van der Waals surface area contributed by atoms with Gasteiger partial charge in [0.25, 0.3) is 0 Å². The van der Waals surface area contributed by atoms with Gasteiger partial charge >= 0.3 is 0 Å². The van der Waals surface area contributed by atoms with E-state index < -0.39 is 9.84 Å². The molecular formula is C15H23NO3S. The number of sulfone groups is 1. The van der Waals surface area contributed by atoms with Crippen LogP contribution in [0.15, 0.2) is 30.3 Å². The Morgan fingerprint density at radius 2 is 2.00 bits per heavy atom. The molecule has 1 aliphatic heterocycles. The van der Waals surface area contributed by atoms with E-state index >= 15 is 0 Å². The van der Waals surface area contributed by atoms with Gasteiger partial charge in [0, 0.05) is 24.5 Å². The van der Waals surface area contributed by atoms with Crippen molar-refractivity contribution in [3.8, 4) is 0 Å². The van der Waals surface area contributed by atoms with Crippen LogP contribution in [0.1, 0.15) is 19.4 Å². The Labute approximate surface area is 121 Å². The molecule has 0 radical (unpaired) electrons. The molecule has 2 unspecified atom stereocenters. The highest BCUT2D eigenvalue weighted by Crippen LogP contribution is 2.26. The van der Waals surface area contributed by atoms with Crippen molar-refractivity contribution in [3.05, 3.63) is 35.9 Å². The van der Waals surface area contributed by atoms with Crippen LogP contribution >= 0.6 is 0 Å². The molecule has 20 heavy (non-hydrogen) atoms. The highest BCUT2D eigenvalue weighted by atomic mass is 32.2. The van der Waals surface area contributed by atoms with E-state index in [1.165, 1.54) is 0 Å². The van der Waals surface area contributed by atoms with Gasteiger partial charge < -0.3 is 5.11 Å². The van der Waals surface area contributed by atoms with Gasteiger partial charge in [-0.3, -0.25) is 4.90 Å². The van der Waals surface area contributed by atoms with E-state index in [2.05, 4.69) is 4.90 Å². The molecule has 0 amide bonds. The van der Waals surface area contributed by atoms with Crippen molar-refractivity contribution in [2.75, 3.05) is 31.2 Å². The third kappa shape index (κ3) is 3.40. The summed E-state index contributed by atoms with van der Waals surface area (Å²) in [6, 6.07) is 9.92. The quantitative estimate of drug-likeness (QED) is 0.903. The predicted octanol–water partition coefficient (Wildman–Crippen LogP) is 1.06. The molecule has 1 saturated heterocycles. The molecule has 5 heteroatoms. The molecule has 2 rings (SSSR count). The van der Waals surface area contributed by atoms with Crippen LogP contribution in [-0.4, -0.2) is 55.7 Å². The molecule has 0 aliphatic carbocycles. The lowest BCUT2D eigenvalue weighted by atomic mass is 9.82. The molecule has 0 bridgehead atoms. The van der Waals surface area contributed by atoms with Crippen molar-refractivity contribution in [2.45, 2.75) is 25.3 Å². The Morgan fingerprint density at radius 1 is 1.35 bits per heavy atom. The maximum absolute atomic E-state index is 11.6. The molecule has 1 aromatic rings. The van der Waals surface area contributed by atoms with Crippen LogP contribution in [0.25, 0.3) is 0 Å². The Hall–Kier alpha value is -0.910. The number of aliphatic hydroxyl groups excluding tert-OH is 1. The Kier molecular flexibility index (Phi) is 4.52. The molecular weight excluding hydrogens is 274 g/mol. The van der Waals surface area contributed by atoms with E-state index in [9.17, 15) is 13.5 Å². The number of nitrogens with zero attached hydrogens (tertiary/aromatic N) is 1. The van der Waals surface area contributed by atoms with Crippen LogP contribution in [0, 0.1) is 0 Å². The van der Waals surface area contributed by atoms with Crippen LogP contribution in [0.5, 0.6) is 0 Å². The van der Waals surface area contributed by atoms with Crippen molar-refractivity contribution < 1.29 is 13.5 Å². The Bertz CT molecular complexity index is 543. The lowest BCUT2D eigenvalue weighted by molar-refractivity contribution is 0.126. The molecule has 1 heterocycles. The van der Waals surface area contributed by atoms with E-state index in [-0.39, 0.29) is 29.6 Å². The van der Waals surface area contributed by atoms with Crippen LogP contribution < -0.4 is 0 Å². The van der Waals surface area contributed by atoms with Gasteiger partial charge in [-0.05, 0) is 12.5 Å². The predicted molar refractivity (Wildman–Crippen MR) is 80.6 cm³/mol. The number of hydrogen-bond acceptors (Lipinski definition) is 4. The molecule has 2 atom stereocenters. The summed E-state index contributed by atoms with van der Waals surface area (Å²) in [4.78, 5) is 2.17. The zero-order valence-corrected chi connectivity index (χ0v) is 12.9. The summed E-state index contributed by atoms with van der Waals surface area (Å²) >= 11 is 0. The summed E-state index contributed by atoms with van der Waals surface area (Å²) in [6.45, 7) is 5.24. The summed E-state index contributed by atoms with van der Waals surface area (Å²) in [5, 5.41) is 9.81. The van der Waals surface area contributed by atoms with Crippen molar-refractivity contribution in [3.63, 3.8) is 0 Å². The summed E-state index contributed by atoms with van der Waals surface area (Å²) in [5.74, 6) is 0.428. The fourth-order valence-electron chi connectivity index (χ4n) is 2.79.